The maximum absolute atomic E-state index is 12.8. The summed E-state index contributed by atoms with van der Waals surface area (Å²) in [5.74, 6) is 1.91. The van der Waals surface area contributed by atoms with Gasteiger partial charge >= 0.3 is 0 Å². The second-order valence-corrected chi connectivity index (χ2v) is 12.2. The molecule has 1 aromatic carbocycles. The minimum Gasteiger partial charge on any atom is -0.355 e. The van der Waals surface area contributed by atoms with Crippen LogP contribution in [-0.2, 0) is 9.84 Å². The Hall–Kier alpha value is -3.24. The van der Waals surface area contributed by atoms with Crippen LogP contribution in [0.1, 0.15) is 31.5 Å². The molecule has 36 heavy (non-hydrogen) atoms. The average Bonchev–Trinajstić information content (AvgIpc) is 3.33. The molecule has 1 fully saturated rings. The molecule has 3 heterocycles. The number of nitrogens with zero attached hydrogens (tertiary/aromatic N) is 5. The van der Waals surface area contributed by atoms with Gasteiger partial charge in [-0.05, 0) is 72.5 Å². The second kappa shape index (κ2) is 10.4. The van der Waals surface area contributed by atoms with Crippen molar-refractivity contribution in [2.24, 2.45) is 0 Å². The Morgan fingerprint density at radius 3 is 2.44 bits per heavy atom. The number of hydrogen-bond acceptors (Lipinski definition) is 9. The number of para-hydroxylation sites is 1. The molecular weight excluding hydrogens is 474 g/mol. The van der Waals surface area contributed by atoms with Crippen LogP contribution in [0.4, 0.5) is 29.0 Å². The van der Waals surface area contributed by atoms with Crippen LogP contribution in [0, 0.1) is 13.8 Å². The number of hydrogen-bond donors (Lipinski definition) is 2. The molecule has 3 aromatic rings. The Morgan fingerprint density at radius 2 is 1.78 bits per heavy atom. The molecule has 1 atom stereocenters. The number of nitrogens with one attached hydrogen (secondary N) is 2. The molecule has 1 aliphatic rings. The Kier molecular flexibility index (Phi) is 7.46. The van der Waals surface area contributed by atoms with Gasteiger partial charge in [-0.25, -0.2) is 18.4 Å². The predicted molar refractivity (Wildman–Crippen MR) is 145 cm³/mol. The van der Waals surface area contributed by atoms with Crippen LogP contribution in [0.15, 0.2) is 47.5 Å². The number of rotatable bonds is 8. The smallest absolute Gasteiger partial charge is 0.229 e. The number of pyridine rings is 1. The van der Waals surface area contributed by atoms with Crippen molar-refractivity contribution < 1.29 is 8.42 Å². The van der Waals surface area contributed by atoms with E-state index in [1.165, 1.54) is 0 Å². The van der Waals surface area contributed by atoms with Gasteiger partial charge in [-0.1, -0.05) is 12.1 Å². The summed E-state index contributed by atoms with van der Waals surface area (Å²) in [5.41, 5.74) is 2.96. The molecule has 0 amide bonds. The van der Waals surface area contributed by atoms with Gasteiger partial charge in [0.15, 0.2) is 9.84 Å². The van der Waals surface area contributed by atoms with E-state index in [-0.39, 0.29) is 4.90 Å². The fraction of sp³-hybridized carbons (Fsp3) is 0.423. The Balaban J connectivity index is 1.54. The largest absolute Gasteiger partial charge is 0.355 e. The molecule has 0 radical (unpaired) electrons. The lowest BCUT2D eigenvalue weighted by molar-refractivity contribution is 0.315. The molecule has 10 heteroatoms. The van der Waals surface area contributed by atoms with Crippen molar-refractivity contribution in [3.63, 3.8) is 0 Å². The molecule has 1 saturated heterocycles. The molecule has 0 unspecified atom stereocenters. The van der Waals surface area contributed by atoms with Gasteiger partial charge in [0.05, 0.1) is 27.2 Å². The molecule has 4 rings (SSSR count). The van der Waals surface area contributed by atoms with Crippen LogP contribution >= 0.6 is 0 Å². The topological polar surface area (TPSA) is 103 Å². The van der Waals surface area contributed by atoms with Crippen molar-refractivity contribution in [1.29, 1.82) is 0 Å². The van der Waals surface area contributed by atoms with Gasteiger partial charge < -0.3 is 20.4 Å². The zero-order valence-electron chi connectivity index (χ0n) is 21.8. The lowest BCUT2D eigenvalue weighted by atomic mass is 10.2. The van der Waals surface area contributed by atoms with Gasteiger partial charge in [0.1, 0.15) is 11.6 Å². The Bertz CT molecular complexity index is 1340. The highest BCUT2D eigenvalue weighted by Gasteiger charge is 2.25. The van der Waals surface area contributed by atoms with Crippen LogP contribution < -0.4 is 15.5 Å². The third kappa shape index (κ3) is 5.44. The summed E-state index contributed by atoms with van der Waals surface area (Å²) in [5, 5.41) is 5.94. The van der Waals surface area contributed by atoms with Gasteiger partial charge in [-0.2, -0.15) is 4.98 Å². The Morgan fingerprint density at radius 1 is 1.03 bits per heavy atom. The van der Waals surface area contributed by atoms with Crippen molar-refractivity contribution in [3.05, 3.63) is 53.9 Å². The zero-order chi connectivity index (χ0) is 26.0. The molecule has 1 aliphatic heterocycles. The maximum atomic E-state index is 12.8. The third-order valence-electron chi connectivity index (χ3n) is 6.57. The lowest BCUT2D eigenvalue weighted by Crippen LogP contribution is -2.31. The van der Waals surface area contributed by atoms with Crippen LogP contribution in [0.25, 0.3) is 0 Å². The summed E-state index contributed by atoms with van der Waals surface area (Å²) >= 11 is 0. The second-order valence-electron chi connectivity index (χ2n) is 9.72. The zero-order valence-corrected chi connectivity index (χ0v) is 22.6. The first-order valence-electron chi connectivity index (χ1n) is 12.2. The summed E-state index contributed by atoms with van der Waals surface area (Å²) < 4.78 is 25.7. The van der Waals surface area contributed by atoms with Crippen LogP contribution in [-0.4, -0.2) is 66.7 Å². The van der Waals surface area contributed by atoms with E-state index >= 15 is 0 Å². The lowest BCUT2D eigenvalue weighted by Gasteiger charge is -2.21. The minimum absolute atomic E-state index is 0.251. The van der Waals surface area contributed by atoms with Gasteiger partial charge in [0, 0.05) is 30.9 Å². The van der Waals surface area contributed by atoms with E-state index in [4.69, 9.17) is 4.98 Å². The van der Waals surface area contributed by atoms with E-state index in [1.54, 1.807) is 44.3 Å². The summed E-state index contributed by atoms with van der Waals surface area (Å²) in [6, 6.07) is 11.4. The van der Waals surface area contributed by atoms with E-state index in [1.807, 2.05) is 26.0 Å². The van der Waals surface area contributed by atoms with E-state index in [2.05, 4.69) is 44.5 Å². The number of likely N-dealkylation sites (N-methyl/N-ethyl adjacent to an activating group) is 1. The van der Waals surface area contributed by atoms with Crippen molar-refractivity contribution >= 4 is 38.8 Å². The fourth-order valence-corrected chi connectivity index (χ4v) is 5.38. The summed E-state index contributed by atoms with van der Waals surface area (Å²) in [6.45, 7) is 9.16. The van der Waals surface area contributed by atoms with Gasteiger partial charge in [0.25, 0.3) is 0 Å². The van der Waals surface area contributed by atoms with Crippen molar-refractivity contribution in [3.8, 4) is 0 Å². The SMILES string of the molecule is Cc1cnc(Nc2ccc(N3CC[C@H](N(C)C)C3)nc2C)nc1Nc1ccccc1S(=O)(=O)C(C)C. The predicted octanol–water partition coefficient (Wildman–Crippen LogP) is 4.30. The normalized spacial score (nSPS) is 16.1. The standard InChI is InChI=1S/C26H35N7O2S/c1-17(2)36(34,35)23-10-8-7-9-22(23)29-25-18(3)15-27-26(31-25)30-21-11-12-24(28-19(21)4)33-14-13-20(16-33)32(5)6/h7-12,15,17,20H,13-14,16H2,1-6H3,(H2,27,29,30,31)/t20-/m0/s1. The van der Waals surface area contributed by atoms with E-state index in [9.17, 15) is 8.42 Å². The highest BCUT2D eigenvalue weighted by Crippen LogP contribution is 2.29. The minimum atomic E-state index is -3.46. The van der Waals surface area contributed by atoms with Gasteiger partial charge in [-0.15, -0.1) is 0 Å². The van der Waals surface area contributed by atoms with E-state index < -0.39 is 15.1 Å². The first-order valence-corrected chi connectivity index (χ1v) is 13.7. The molecule has 0 bridgehead atoms. The van der Waals surface area contributed by atoms with E-state index in [0.717, 1.165) is 42.3 Å². The fourth-order valence-electron chi connectivity index (χ4n) is 4.18. The van der Waals surface area contributed by atoms with Crippen LogP contribution in [0.2, 0.25) is 0 Å². The number of sulfone groups is 1. The molecule has 192 valence electrons. The highest BCUT2D eigenvalue weighted by atomic mass is 32.2. The maximum Gasteiger partial charge on any atom is 0.229 e. The average molecular weight is 510 g/mol. The molecule has 0 spiro atoms. The number of anilines is 5. The number of benzene rings is 1. The molecule has 0 saturated carbocycles. The number of aryl methyl sites for hydroxylation is 2. The Labute approximate surface area is 213 Å². The van der Waals surface area contributed by atoms with Gasteiger partial charge in [-0.3, -0.25) is 0 Å². The highest BCUT2D eigenvalue weighted by molar-refractivity contribution is 7.92. The molecule has 2 aromatic heterocycles. The monoisotopic (exact) mass is 509 g/mol. The molecule has 2 N–H and O–H groups in total. The molecular formula is C26H35N7O2S. The molecule has 0 aliphatic carbocycles. The summed E-state index contributed by atoms with van der Waals surface area (Å²) in [6.07, 6.45) is 2.84. The quantitative estimate of drug-likeness (QED) is 0.460. The first-order chi connectivity index (χ1) is 17.1. The summed E-state index contributed by atoms with van der Waals surface area (Å²) in [7, 11) is 0.774. The van der Waals surface area contributed by atoms with Crippen molar-refractivity contribution in [2.75, 3.05) is 42.7 Å². The first kappa shape index (κ1) is 25.8. The molecule has 9 nitrogen and oxygen atoms in total. The third-order valence-corrected chi connectivity index (χ3v) is 8.78. The van der Waals surface area contributed by atoms with Crippen LogP contribution in [0.3, 0.4) is 0 Å². The van der Waals surface area contributed by atoms with Gasteiger partial charge in [0.2, 0.25) is 5.95 Å². The summed E-state index contributed by atoms with van der Waals surface area (Å²) in [4.78, 5) is 18.7. The van der Waals surface area contributed by atoms with E-state index in [0.29, 0.717) is 23.5 Å². The van der Waals surface area contributed by atoms with Crippen LogP contribution in [0.5, 0.6) is 0 Å². The van der Waals surface area contributed by atoms with Crippen molar-refractivity contribution in [1.82, 2.24) is 19.9 Å². The van der Waals surface area contributed by atoms with Crippen molar-refractivity contribution in [2.45, 2.75) is 50.3 Å². The number of aromatic nitrogens is 3.